The molecule has 0 bridgehead atoms. The number of nitrogens with zero attached hydrogens (tertiary/aromatic N) is 1. The standard InChI is InChI=1S/C23H23ClFNO4/c1-26(21(28)15-30-22(29)14-16-8-2-5-11-19(16)25)23(13-7-6-12-20(23)27)17-9-3-4-10-18(17)24/h2-5,8-11H,6-7,12-15H2,1H3. The molecule has 1 unspecified atom stereocenters. The summed E-state index contributed by atoms with van der Waals surface area (Å²) < 4.78 is 18.8. The third-order valence-corrected chi connectivity index (χ3v) is 5.90. The Bertz CT molecular complexity index is 964. The van der Waals surface area contributed by atoms with Gasteiger partial charge in [0.25, 0.3) is 5.91 Å². The largest absolute Gasteiger partial charge is 0.455 e. The van der Waals surface area contributed by atoms with Crippen molar-refractivity contribution in [3.05, 3.63) is 70.5 Å². The maximum Gasteiger partial charge on any atom is 0.310 e. The monoisotopic (exact) mass is 431 g/mol. The van der Waals surface area contributed by atoms with E-state index < -0.39 is 29.8 Å². The first-order valence-corrected chi connectivity index (χ1v) is 10.2. The van der Waals surface area contributed by atoms with Crippen molar-refractivity contribution < 1.29 is 23.5 Å². The summed E-state index contributed by atoms with van der Waals surface area (Å²) in [5, 5.41) is 0.406. The molecular formula is C23H23ClFNO4. The number of carbonyl (C=O) groups is 3. The number of likely N-dealkylation sites (N-methyl/N-ethyl adjacent to an activating group) is 1. The van der Waals surface area contributed by atoms with Crippen LogP contribution in [-0.2, 0) is 31.1 Å². The van der Waals surface area contributed by atoms with Crippen molar-refractivity contribution in [2.75, 3.05) is 13.7 Å². The number of benzene rings is 2. The third-order valence-electron chi connectivity index (χ3n) is 5.57. The van der Waals surface area contributed by atoms with Crippen LogP contribution < -0.4 is 0 Å². The van der Waals surface area contributed by atoms with E-state index in [1.165, 1.54) is 30.1 Å². The van der Waals surface area contributed by atoms with Gasteiger partial charge in [-0.1, -0.05) is 48.0 Å². The Morgan fingerprint density at radius 2 is 1.83 bits per heavy atom. The Balaban J connectivity index is 1.75. The van der Waals surface area contributed by atoms with E-state index in [0.717, 1.165) is 12.8 Å². The van der Waals surface area contributed by atoms with E-state index in [9.17, 15) is 18.8 Å². The van der Waals surface area contributed by atoms with E-state index in [1.54, 1.807) is 30.3 Å². The number of carbonyl (C=O) groups excluding carboxylic acids is 3. The van der Waals surface area contributed by atoms with Crippen LogP contribution in [0.15, 0.2) is 48.5 Å². The molecule has 1 saturated carbocycles. The molecule has 0 saturated heterocycles. The zero-order chi connectivity index (χ0) is 21.7. The molecule has 3 rings (SSSR count). The predicted octanol–water partition coefficient (Wildman–Crippen LogP) is 4.06. The average molecular weight is 432 g/mol. The van der Waals surface area contributed by atoms with Crippen molar-refractivity contribution in [1.82, 2.24) is 4.90 Å². The van der Waals surface area contributed by atoms with E-state index in [-0.39, 0.29) is 17.8 Å². The molecule has 2 aromatic carbocycles. The van der Waals surface area contributed by atoms with Crippen LogP contribution in [0.25, 0.3) is 0 Å². The lowest BCUT2D eigenvalue weighted by molar-refractivity contribution is -0.157. The highest BCUT2D eigenvalue weighted by atomic mass is 35.5. The summed E-state index contributed by atoms with van der Waals surface area (Å²) >= 11 is 6.38. The highest BCUT2D eigenvalue weighted by molar-refractivity contribution is 6.31. The predicted molar refractivity (Wildman–Crippen MR) is 110 cm³/mol. The minimum Gasteiger partial charge on any atom is -0.455 e. The number of ether oxygens (including phenoxy) is 1. The molecule has 1 atom stereocenters. The summed E-state index contributed by atoms with van der Waals surface area (Å²) in [4.78, 5) is 39.3. The number of esters is 1. The van der Waals surface area contributed by atoms with Crippen LogP contribution in [0.5, 0.6) is 0 Å². The summed E-state index contributed by atoms with van der Waals surface area (Å²) in [6.07, 6.45) is 2.03. The topological polar surface area (TPSA) is 63.7 Å². The Morgan fingerprint density at radius 1 is 1.13 bits per heavy atom. The van der Waals surface area contributed by atoms with E-state index >= 15 is 0 Å². The lowest BCUT2D eigenvalue weighted by Crippen LogP contribution is -2.55. The number of halogens is 2. The molecule has 1 amide bonds. The minimum atomic E-state index is -1.19. The molecule has 7 heteroatoms. The van der Waals surface area contributed by atoms with E-state index in [0.29, 0.717) is 23.4 Å². The third kappa shape index (κ3) is 4.38. The highest BCUT2D eigenvalue weighted by Gasteiger charge is 2.47. The molecule has 158 valence electrons. The van der Waals surface area contributed by atoms with Gasteiger partial charge in [-0.2, -0.15) is 0 Å². The molecule has 1 fully saturated rings. The fourth-order valence-corrected chi connectivity index (χ4v) is 4.22. The SMILES string of the molecule is CN(C(=O)COC(=O)Cc1ccccc1F)C1(c2ccccc2Cl)CCCCC1=O. The lowest BCUT2D eigenvalue weighted by atomic mass is 9.74. The first-order chi connectivity index (χ1) is 14.4. The van der Waals surface area contributed by atoms with Crippen LogP contribution in [0.2, 0.25) is 5.02 Å². The van der Waals surface area contributed by atoms with E-state index in [1.807, 2.05) is 0 Å². The molecule has 0 aliphatic heterocycles. The average Bonchev–Trinajstić information content (AvgIpc) is 2.74. The molecule has 0 radical (unpaired) electrons. The summed E-state index contributed by atoms with van der Waals surface area (Å²) in [7, 11) is 1.53. The van der Waals surface area contributed by atoms with E-state index in [4.69, 9.17) is 16.3 Å². The summed E-state index contributed by atoms with van der Waals surface area (Å²) in [5.74, 6) is -1.84. The van der Waals surface area contributed by atoms with Gasteiger partial charge >= 0.3 is 5.97 Å². The second-order valence-electron chi connectivity index (χ2n) is 7.35. The van der Waals surface area contributed by atoms with Crippen LogP contribution in [0.4, 0.5) is 4.39 Å². The summed E-state index contributed by atoms with van der Waals surface area (Å²) in [6.45, 7) is -0.538. The highest BCUT2D eigenvalue weighted by Crippen LogP contribution is 2.42. The molecule has 30 heavy (non-hydrogen) atoms. The van der Waals surface area contributed by atoms with Gasteiger partial charge in [0, 0.05) is 24.1 Å². The van der Waals surface area contributed by atoms with Crippen molar-refractivity contribution in [2.24, 2.45) is 0 Å². The zero-order valence-electron chi connectivity index (χ0n) is 16.7. The Kier molecular flexibility index (Phi) is 6.87. The van der Waals surface area contributed by atoms with Crippen LogP contribution in [0.3, 0.4) is 0 Å². The maximum atomic E-state index is 13.7. The van der Waals surface area contributed by atoms with Crippen molar-refractivity contribution >= 4 is 29.3 Å². The summed E-state index contributed by atoms with van der Waals surface area (Å²) in [5.41, 5.74) is -0.422. The van der Waals surface area contributed by atoms with Crippen molar-refractivity contribution in [2.45, 2.75) is 37.6 Å². The van der Waals surface area contributed by atoms with Crippen LogP contribution in [0.1, 0.15) is 36.8 Å². The van der Waals surface area contributed by atoms with Gasteiger partial charge in [0.05, 0.1) is 6.42 Å². The van der Waals surface area contributed by atoms with Gasteiger partial charge in [0.2, 0.25) is 0 Å². The molecule has 0 heterocycles. The number of rotatable bonds is 6. The number of hydrogen-bond acceptors (Lipinski definition) is 4. The Labute approximate surface area is 179 Å². The van der Waals surface area contributed by atoms with Crippen LogP contribution in [-0.4, -0.2) is 36.2 Å². The molecule has 1 aliphatic carbocycles. The normalized spacial score (nSPS) is 18.7. The second-order valence-corrected chi connectivity index (χ2v) is 7.76. The maximum absolute atomic E-state index is 13.7. The van der Waals surface area contributed by atoms with Gasteiger partial charge < -0.3 is 9.64 Å². The molecule has 0 aromatic heterocycles. The lowest BCUT2D eigenvalue weighted by Gasteiger charge is -2.43. The second kappa shape index (κ2) is 9.39. The molecule has 5 nitrogen and oxygen atoms in total. The Morgan fingerprint density at radius 3 is 2.53 bits per heavy atom. The fraction of sp³-hybridized carbons (Fsp3) is 0.348. The molecule has 2 aromatic rings. The van der Waals surface area contributed by atoms with Gasteiger partial charge in [0.1, 0.15) is 11.4 Å². The molecule has 1 aliphatic rings. The van der Waals surface area contributed by atoms with Crippen LogP contribution >= 0.6 is 11.6 Å². The van der Waals surface area contributed by atoms with Gasteiger partial charge in [-0.25, -0.2) is 4.39 Å². The van der Waals surface area contributed by atoms with Gasteiger partial charge in [-0.05, 0) is 37.0 Å². The van der Waals surface area contributed by atoms with Gasteiger partial charge in [-0.3, -0.25) is 14.4 Å². The number of ketones is 1. The quantitative estimate of drug-likeness (QED) is 0.647. The fourth-order valence-electron chi connectivity index (χ4n) is 3.93. The van der Waals surface area contributed by atoms with Crippen molar-refractivity contribution in [3.63, 3.8) is 0 Å². The smallest absolute Gasteiger partial charge is 0.310 e. The van der Waals surface area contributed by atoms with Crippen molar-refractivity contribution in [3.8, 4) is 0 Å². The first kappa shape index (κ1) is 22.0. The number of amides is 1. The van der Waals surface area contributed by atoms with Crippen molar-refractivity contribution in [1.29, 1.82) is 0 Å². The number of hydrogen-bond donors (Lipinski definition) is 0. The molecular weight excluding hydrogens is 409 g/mol. The van der Waals surface area contributed by atoms with Gasteiger partial charge in [-0.15, -0.1) is 0 Å². The molecule has 0 N–H and O–H groups in total. The van der Waals surface area contributed by atoms with E-state index in [2.05, 4.69) is 0 Å². The number of Topliss-reactive ketones (excluding diaryl/α,β-unsaturated/α-hetero) is 1. The van der Waals surface area contributed by atoms with Crippen LogP contribution in [0, 0.1) is 5.82 Å². The Hall–Kier alpha value is -2.73. The minimum absolute atomic E-state index is 0.0876. The zero-order valence-corrected chi connectivity index (χ0v) is 17.5. The molecule has 0 spiro atoms. The first-order valence-electron chi connectivity index (χ1n) is 9.80. The van der Waals surface area contributed by atoms with Gasteiger partial charge in [0.15, 0.2) is 12.4 Å². The summed E-state index contributed by atoms with van der Waals surface area (Å²) in [6, 6.07) is 12.9.